The minimum atomic E-state index is -0.156. The predicted octanol–water partition coefficient (Wildman–Crippen LogP) is 4.57. The molecule has 2 heterocycles. The molecular formula is C22H31N3O3S. The van der Waals surface area contributed by atoms with Crippen molar-refractivity contribution >= 4 is 22.4 Å². The molecule has 1 saturated heterocycles. The maximum atomic E-state index is 12.5. The van der Waals surface area contributed by atoms with E-state index < -0.39 is 0 Å². The number of morpholine rings is 1. The van der Waals surface area contributed by atoms with Crippen molar-refractivity contribution in [2.24, 2.45) is 0 Å². The van der Waals surface area contributed by atoms with Crippen molar-refractivity contribution < 1.29 is 14.3 Å². The number of carbonyl (C=O) groups is 1. The van der Waals surface area contributed by atoms with Crippen molar-refractivity contribution in [3.8, 4) is 5.75 Å². The third-order valence-electron chi connectivity index (χ3n) is 4.79. The van der Waals surface area contributed by atoms with E-state index in [0.717, 1.165) is 37.5 Å². The van der Waals surface area contributed by atoms with E-state index in [4.69, 9.17) is 9.47 Å². The minimum absolute atomic E-state index is 0.156. The van der Waals surface area contributed by atoms with Crippen LogP contribution < -0.4 is 10.1 Å². The first-order valence-corrected chi connectivity index (χ1v) is 11.3. The second kappa shape index (κ2) is 10.7. The lowest BCUT2D eigenvalue weighted by Gasteiger charge is -2.34. The van der Waals surface area contributed by atoms with E-state index in [2.05, 4.69) is 36.0 Å². The monoisotopic (exact) mass is 417 g/mol. The number of nitrogens with one attached hydrogen (secondary N) is 1. The number of aromatic nitrogens is 1. The summed E-state index contributed by atoms with van der Waals surface area (Å²) < 4.78 is 11.5. The number of ether oxygens (including phenoxy) is 2. The number of unbranched alkanes of at least 4 members (excludes halogenated alkanes) is 2. The van der Waals surface area contributed by atoms with Crippen LogP contribution >= 0.6 is 11.3 Å². The van der Waals surface area contributed by atoms with Gasteiger partial charge in [0.15, 0.2) is 5.13 Å². The molecule has 1 amide bonds. The van der Waals surface area contributed by atoms with Crippen molar-refractivity contribution in [2.75, 3.05) is 25.0 Å². The van der Waals surface area contributed by atoms with E-state index >= 15 is 0 Å². The number of benzene rings is 1. The number of nitrogens with zero attached hydrogens (tertiary/aromatic N) is 2. The van der Waals surface area contributed by atoms with Gasteiger partial charge in [-0.05, 0) is 44.5 Å². The van der Waals surface area contributed by atoms with Crippen LogP contribution in [0.4, 0.5) is 5.13 Å². The molecule has 1 aromatic carbocycles. The lowest BCUT2D eigenvalue weighted by molar-refractivity contribution is -0.0707. The summed E-state index contributed by atoms with van der Waals surface area (Å²) in [7, 11) is 0. The van der Waals surface area contributed by atoms with Gasteiger partial charge in [-0.15, -0.1) is 11.3 Å². The van der Waals surface area contributed by atoms with Crippen LogP contribution in [0.1, 0.15) is 56.1 Å². The Morgan fingerprint density at radius 1 is 1.24 bits per heavy atom. The Kier molecular flexibility index (Phi) is 8.03. The predicted molar refractivity (Wildman–Crippen MR) is 117 cm³/mol. The minimum Gasteiger partial charge on any atom is -0.494 e. The Labute approximate surface area is 177 Å². The molecule has 1 fully saturated rings. The van der Waals surface area contributed by atoms with Gasteiger partial charge in [0.05, 0.1) is 24.5 Å². The summed E-state index contributed by atoms with van der Waals surface area (Å²) in [5.41, 5.74) is 1.57. The summed E-state index contributed by atoms with van der Waals surface area (Å²) in [5.74, 6) is 0.639. The lowest BCUT2D eigenvalue weighted by Crippen LogP contribution is -2.44. The van der Waals surface area contributed by atoms with E-state index in [0.29, 0.717) is 17.3 Å². The van der Waals surface area contributed by atoms with Gasteiger partial charge in [-0.2, -0.15) is 0 Å². The van der Waals surface area contributed by atoms with E-state index in [-0.39, 0.29) is 18.1 Å². The molecule has 1 aliphatic rings. The molecule has 6 nitrogen and oxygen atoms in total. The highest BCUT2D eigenvalue weighted by molar-refractivity contribution is 7.13. The summed E-state index contributed by atoms with van der Waals surface area (Å²) in [5, 5.41) is 5.53. The Balaban J connectivity index is 1.49. The molecule has 0 spiro atoms. The maximum Gasteiger partial charge on any atom is 0.257 e. The van der Waals surface area contributed by atoms with Crippen LogP contribution in [0, 0.1) is 0 Å². The zero-order chi connectivity index (χ0) is 20.6. The maximum absolute atomic E-state index is 12.5. The number of hydrogen-bond acceptors (Lipinski definition) is 6. The molecule has 2 atom stereocenters. The van der Waals surface area contributed by atoms with Crippen molar-refractivity contribution in [1.29, 1.82) is 0 Å². The van der Waals surface area contributed by atoms with Gasteiger partial charge < -0.3 is 9.47 Å². The third kappa shape index (κ3) is 6.80. The molecule has 2 unspecified atom stereocenters. The fraction of sp³-hybridized carbons (Fsp3) is 0.545. The van der Waals surface area contributed by atoms with Crippen LogP contribution in [-0.2, 0) is 11.3 Å². The van der Waals surface area contributed by atoms with Crippen molar-refractivity contribution in [3.63, 3.8) is 0 Å². The molecule has 0 radical (unpaired) electrons. The summed E-state index contributed by atoms with van der Waals surface area (Å²) in [4.78, 5) is 19.4. The zero-order valence-electron chi connectivity index (χ0n) is 17.5. The van der Waals surface area contributed by atoms with Crippen LogP contribution in [0.2, 0.25) is 0 Å². The number of rotatable bonds is 9. The van der Waals surface area contributed by atoms with Crippen molar-refractivity contribution in [2.45, 2.75) is 58.8 Å². The van der Waals surface area contributed by atoms with E-state index in [9.17, 15) is 4.79 Å². The van der Waals surface area contributed by atoms with Gasteiger partial charge >= 0.3 is 0 Å². The number of carbonyl (C=O) groups excluding carboxylic acids is 1. The standard InChI is InChI=1S/C22H31N3O3S/c1-4-5-6-11-27-20-9-7-18(8-10-20)21(26)24-22-23-19(15-29-22)14-25-12-16(2)28-17(3)13-25/h7-10,15-17H,4-6,11-14H2,1-3H3,(H,23,24,26). The topological polar surface area (TPSA) is 63.7 Å². The van der Waals surface area contributed by atoms with Crippen LogP contribution in [0.25, 0.3) is 0 Å². The van der Waals surface area contributed by atoms with Crippen molar-refractivity contribution in [1.82, 2.24) is 9.88 Å². The number of anilines is 1. The molecule has 1 N–H and O–H groups in total. The summed E-state index contributed by atoms with van der Waals surface area (Å²) >= 11 is 1.46. The van der Waals surface area contributed by atoms with E-state index in [1.165, 1.54) is 24.2 Å². The van der Waals surface area contributed by atoms with Crippen LogP contribution in [0.3, 0.4) is 0 Å². The Morgan fingerprint density at radius 3 is 2.66 bits per heavy atom. The fourth-order valence-electron chi connectivity index (χ4n) is 3.49. The highest BCUT2D eigenvalue weighted by Gasteiger charge is 2.22. The van der Waals surface area contributed by atoms with Gasteiger partial charge in [-0.1, -0.05) is 19.8 Å². The second-order valence-corrected chi connectivity index (χ2v) is 8.49. The van der Waals surface area contributed by atoms with E-state index in [1.807, 2.05) is 17.5 Å². The smallest absolute Gasteiger partial charge is 0.257 e. The van der Waals surface area contributed by atoms with Gasteiger partial charge in [0.25, 0.3) is 5.91 Å². The van der Waals surface area contributed by atoms with Gasteiger partial charge in [0, 0.05) is 30.6 Å². The Bertz CT molecular complexity index is 768. The summed E-state index contributed by atoms with van der Waals surface area (Å²) in [6.07, 6.45) is 3.85. The Hall–Kier alpha value is -1.96. The quantitative estimate of drug-likeness (QED) is 0.606. The first-order chi connectivity index (χ1) is 14.0. The number of thiazole rings is 1. The first kappa shape index (κ1) is 21.7. The normalized spacial score (nSPS) is 19.8. The van der Waals surface area contributed by atoms with Gasteiger partial charge in [-0.3, -0.25) is 15.0 Å². The zero-order valence-corrected chi connectivity index (χ0v) is 18.3. The first-order valence-electron chi connectivity index (χ1n) is 10.4. The van der Waals surface area contributed by atoms with Crippen LogP contribution in [-0.4, -0.2) is 47.7 Å². The van der Waals surface area contributed by atoms with Crippen LogP contribution in [0.15, 0.2) is 29.6 Å². The molecule has 0 aliphatic carbocycles. The van der Waals surface area contributed by atoms with Crippen molar-refractivity contribution in [3.05, 3.63) is 40.9 Å². The molecule has 7 heteroatoms. The van der Waals surface area contributed by atoms with E-state index in [1.54, 1.807) is 12.1 Å². The average molecular weight is 418 g/mol. The molecule has 3 rings (SSSR count). The third-order valence-corrected chi connectivity index (χ3v) is 5.59. The molecule has 0 bridgehead atoms. The molecule has 158 valence electrons. The molecule has 1 aliphatic heterocycles. The summed E-state index contributed by atoms with van der Waals surface area (Å²) in [6.45, 7) is 9.64. The highest BCUT2D eigenvalue weighted by atomic mass is 32.1. The lowest BCUT2D eigenvalue weighted by atomic mass is 10.2. The van der Waals surface area contributed by atoms with Crippen LogP contribution in [0.5, 0.6) is 5.75 Å². The molecule has 0 saturated carbocycles. The SMILES string of the molecule is CCCCCOc1ccc(C(=O)Nc2nc(CN3CC(C)OC(C)C3)cs2)cc1. The second-order valence-electron chi connectivity index (χ2n) is 7.63. The van der Waals surface area contributed by atoms with Gasteiger partial charge in [0.2, 0.25) is 0 Å². The van der Waals surface area contributed by atoms with Gasteiger partial charge in [0.1, 0.15) is 5.75 Å². The molecule has 2 aromatic rings. The molecule has 1 aromatic heterocycles. The van der Waals surface area contributed by atoms with Gasteiger partial charge in [-0.25, -0.2) is 4.98 Å². The fourth-order valence-corrected chi connectivity index (χ4v) is 4.19. The Morgan fingerprint density at radius 2 is 1.97 bits per heavy atom. The average Bonchev–Trinajstić information content (AvgIpc) is 3.11. The number of amides is 1. The molecule has 29 heavy (non-hydrogen) atoms. The summed E-state index contributed by atoms with van der Waals surface area (Å²) in [6, 6.07) is 7.26. The number of hydrogen-bond donors (Lipinski definition) is 1. The highest BCUT2D eigenvalue weighted by Crippen LogP contribution is 2.20. The molecular weight excluding hydrogens is 386 g/mol. The largest absolute Gasteiger partial charge is 0.494 e.